The number of thiazole rings is 1. The van der Waals surface area contributed by atoms with Gasteiger partial charge >= 0.3 is 5.97 Å². The van der Waals surface area contributed by atoms with Gasteiger partial charge in [-0.25, -0.2) is 4.98 Å². The van der Waals surface area contributed by atoms with Gasteiger partial charge in [0.15, 0.2) is 0 Å². The Bertz CT molecular complexity index is 411. The summed E-state index contributed by atoms with van der Waals surface area (Å²) in [5, 5.41) is 0.804. The van der Waals surface area contributed by atoms with E-state index in [2.05, 4.69) is 4.98 Å². The fourth-order valence-corrected chi connectivity index (χ4v) is 2.64. The Hall–Kier alpha value is -0.320. The molecule has 0 aromatic carbocycles. The van der Waals surface area contributed by atoms with Gasteiger partial charge in [0.25, 0.3) is 0 Å². The smallest absolute Gasteiger partial charge is 0.312 e. The zero-order valence-corrected chi connectivity index (χ0v) is 11.2. The first-order chi connectivity index (χ1) is 7.40. The van der Waals surface area contributed by atoms with Crippen molar-refractivity contribution in [3.8, 4) is 0 Å². The average Bonchev–Trinajstić information content (AvgIpc) is 2.71. The molecule has 0 N–H and O–H groups in total. The highest BCUT2D eigenvalue weighted by atomic mass is 35.5. The maximum atomic E-state index is 11.5. The van der Waals surface area contributed by atoms with Crippen LogP contribution in [0.4, 0.5) is 0 Å². The number of aryl methyl sites for hydroxylation is 2. The van der Waals surface area contributed by atoms with E-state index in [4.69, 9.17) is 27.9 Å². The summed E-state index contributed by atoms with van der Waals surface area (Å²) in [6, 6.07) is 0. The van der Waals surface area contributed by atoms with E-state index in [-0.39, 0.29) is 18.5 Å². The fraction of sp³-hybridized carbons (Fsp3) is 0.600. The molecule has 0 amide bonds. The van der Waals surface area contributed by atoms with Crippen molar-refractivity contribution in [1.29, 1.82) is 0 Å². The number of alkyl halides is 2. The van der Waals surface area contributed by atoms with E-state index in [0.717, 1.165) is 15.6 Å². The molecule has 88 valence electrons. The molecule has 0 saturated heterocycles. The minimum absolute atomic E-state index is 0.207. The SMILES string of the molecule is Cc1nc(COC(=O)C2CC2(Cl)Cl)sc1C. The number of nitrogens with zero attached hydrogens (tertiary/aromatic N) is 1. The molecule has 6 heteroatoms. The minimum Gasteiger partial charge on any atom is -0.458 e. The highest BCUT2D eigenvalue weighted by Crippen LogP contribution is 2.53. The molecular formula is C10H11Cl2NO2S. The lowest BCUT2D eigenvalue weighted by Gasteiger charge is -2.01. The summed E-state index contributed by atoms with van der Waals surface area (Å²) in [6.07, 6.45) is 0.477. The molecule has 3 nitrogen and oxygen atoms in total. The van der Waals surface area contributed by atoms with E-state index in [1.165, 1.54) is 11.3 Å². The normalized spacial score (nSPS) is 21.9. The van der Waals surface area contributed by atoms with E-state index >= 15 is 0 Å². The zero-order chi connectivity index (χ0) is 11.9. The summed E-state index contributed by atoms with van der Waals surface area (Å²) in [4.78, 5) is 16.9. The summed E-state index contributed by atoms with van der Waals surface area (Å²) in [5.74, 6) is -0.714. The maximum absolute atomic E-state index is 11.5. The van der Waals surface area contributed by atoms with Gasteiger partial charge in [-0.2, -0.15) is 0 Å². The van der Waals surface area contributed by atoms with Crippen LogP contribution in [-0.4, -0.2) is 15.3 Å². The summed E-state index contributed by atoms with van der Waals surface area (Å²) in [7, 11) is 0. The van der Waals surface area contributed by atoms with Gasteiger partial charge < -0.3 is 4.74 Å². The van der Waals surface area contributed by atoms with Crippen LogP contribution >= 0.6 is 34.5 Å². The van der Waals surface area contributed by atoms with Crippen molar-refractivity contribution in [1.82, 2.24) is 4.98 Å². The highest BCUT2D eigenvalue weighted by molar-refractivity contribution is 7.11. The molecule has 16 heavy (non-hydrogen) atoms. The van der Waals surface area contributed by atoms with E-state index in [9.17, 15) is 4.79 Å². The van der Waals surface area contributed by atoms with Gasteiger partial charge in [0, 0.05) is 4.88 Å². The summed E-state index contributed by atoms with van der Waals surface area (Å²) in [5.41, 5.74) is 0.978. The zero-order valence-electron chi connectivity index (χ0n) is 8.92. The summed E-state index contributed by atoms with van der Waals surface area (Å²) < 4.78 is 4.19. The average molecular weight is 280 g/mol. The van der Waals surface area contributed by atoms with Gasteiger partial charge in [-0.05, 0) is 20.3 Å². The standard InChI is InChI=1S/C10H11Cl2NO2S/c1-5-6(2)16-8(13-5)4-15-9(14)7-3-10(7,11)12/h7H,3-4H2,1-2H3. The molecule has 0 aliphatic heterocycles. The summed E-state index contributed by atoms with van der Waals surface area (Å²) >= 11 is 13.1. The van der Waals surface area contributed by atoms with E-state index < -0.39 is 4.33 Å². The van der Waals surface area contributed by atoms with E-state index in [0.29, 0.717) is 6.42 Å². The lowest BCUT2D eigenvalue weighted by atomic mass is 10.4. The van der Waals surface area contributed by atoms with Crippen LogP contribution in [0.3, 0.4) is 0 Å². The molecule has 1 aliphatic carbocycles. The topological polar surface area (TPSA) is 39.2 Å². The van der Waals surface area contributed by atoms with Crippen LogP contribution in [0.25, 0.3) is 0 Å². The number of carbonyl (C=O) groups excluding carboxylic acids is 1. The van der Waals surface area contributed by atoms with E-state index in [1.54, 1.807) is 0 Å². The number of rotatable bonds is 3. The third-order valence-corrected chi connectivity index (χ3v) is 4.40. The number of ether oxygens (including phenoxy) is 1. The van der Waals surface area contributed by atoms with Gasteiger partial charge in [-0.1, -0.05) is 0 Å². The molecule has 2 rings (SSSR count). The van der Waals surface area contributed by atoms with Crippen molar-refractivity contribution in [3.63, 3.8) is 0 Å². The van der Waals surface area contributed by atoms with Crippen molar-refractivity contribution in [3.05, 3.63) is 15.6 Å². The van der Waals surface area contributed by atoms with Crippen LogP contribution in [0, 0.1) is 19.8 Å². The van der Waals surface area contributed by atoms with Crippen LogP contribution < -0.4 is 0 Å². The first kappa shape index (κ1) is 12.1. The van der Waals surface area contributed by atoms with Crippen LogP contribution in [0.15, 0.2) is 0 Å². The predicted octanol–water partition coefficient (Wildman–Crippen LogP) is 3.00. The molecule has 1 heterocycles. The number of esters is 1. The van der Waals surface area contributed by atoms with Crippen molar-refractivity contribution >= 4 is 40.5 Å². The molecule has 1 aliphatic rings. The lowest BCUT2D eigenvalue weighted by molar-refractivity contribution is -0.146. The van der Waals surface area contributed by atoms with E-state index in [1.807, 2.05) is 13.8 Å². The number of hydrogen-bond donors (Lipinski definition) is 0. The van der Waals surface area contributed by atoms with Crippen molar-refractivity contribution < 1.29 is 9.53 Å². The van der Waals surface area contributed by atoms with Gasteiger partial charge in [-0.3, -0.25) is 4.79 Å². The molecule has 1 aromatic rings. The molecule has 1 unspecified atom stereocenters. The quantitative estimate of drug-likeness (QED) is 0.631. The maximum Gasteiger partial charge on any atom is 0.312 e. The largest absolute Gasteiger partial charge is 0.458 e. The number of carbonyl (C=O) groups is 1. The number of hydrogen-bond acceptors (Lipinski definition) is 4. The van der Waals surface area contributed by atoms with Gasteiger partial charge in [-0.15, -0.1) is 34.5 Å². The van der Waals surface area contributed by atoms with Crippen molar-refractivity contribution in [2.75, 3.05) is 0 Å². The Balaban J connectivity index is 1.86. The Kier molecular flexibility index (Phi) is 3.16. The third-order valence-electron chi connectivity index (χ3n) is 2.52. The molecule has 1 atom stereocenters. The Labute approximate surface area is 108 Å². The van der Waals surface area contributed by atoms with Crippen molar-refractivity contribution in [2.24, 2.45) is 5.92 Å². The first-order valence-corrected chi connectivity index (χ1v) is 6.45. The fourth-order valence-electron chi connectivity index (χ4n) is 1.30. The molecule has 1 saturated carbocycles. The lowest BCUT2D eigenvalue weighted by Crippen LogP contribution is -2.10. The Morgan fingerprint density at radius 2 is 2.25 bits per heavy atom. The highest BCUT2D eigenvalue weighted by Gasteiger charge is 2.57. The molecule has 0 spiro atoms. The molecule has 0 radical (unpaired) electrons. The van der Waals surface area contributed by atoms with Crippen LogP contribution in [0.5, 0.6) is 0 Å². The predicted molar refractivity (Wildman–Crippen MR) is 63.9 cm³/mol. The third kappa shape index (κ3) is 2.50. The van der Waals surface area contributed by atoms with Gasteiger partial charge in [0.2, 0.25) is 0 Å². The Morgan fingerprint density at radius 1 is 1.62 bits per heavy atom. The monoisotopic (exact) mass is 279 g/mol. The molecule has 0 bridgehead atoms. The van der Waals surface area contributed by atoms with Gasteiger partial charge in [0.1, 0.15) is 15.9 Å². The Morgan fingerprint density at radius 3 is 2.69 bits per heavy atom. The molecular weight excluding hydrogens is 269 g/mol. The second-order valence-electron chi connectivity index (χ2n) is 3.87. The number of aromatic nitrogens is 1. The first-order valence-electron chi connectivity index (χ1n) is 4.87. The molecule has 1 aromatic heterocycles. The van der Waals surface area contributed by atoms with Crippen LogP contribution in [0.2, 0.25) is 0 Å². The van der Waals surface area contributed by atoms with Gasteiger partial charge in [0.05, 0.1) is 11.6 Å². The number of halogens is 2. The second kappa shape index (κ2) is 4.17. The summed E-state index contributed by atoms with van der Waals surface area (Å²) in [6.45, 7) is 4.13. The second-order valence-corrected chi connectivity index (χ2v) is 6.70. The van der Waals surface area contributed by atoms with Crippen LogP contribution in [-0.2, 0) is 16.1 Å². The van der Waals surface area contributed by atoms with Crippen LogP contribution in [0.1, 0.15) is 22.0 Å². The minimum atomic E-state index is -0.911. The molecule has 1 fully saturated rings. The van der Waals surface area contributed by atoms with Crippen molar-refractivity contribution in [2.45, 2.75) is 31.2 Å².